The van der Waals surface area contributed by atoms with Gasteiger partial charge in [0.05, 0.1) is 12.6 Å². The highest BCUT2D eigenvalue weighted by Crippen LogP contribution is 2.22. The molecule has 1 amide bonds. The number of anilines is 2. The summed E-state index contributed by atoms with van der Waals surface area (Å²) in [6.45, 7) is 2.61. The number of pyridine rings is 1. The van der Waals surface area contributed by atoms with Crippen LogP contribution in [0.25, 0.3) is 10.9 Å². The summed E-state index contributed by atoms with van der Waals surface area (Å²) >= 11 is 6.04. The van der Waals surface area contributed by atoms with E-state index >= 15 is 0 Å². The second kappa shape index (κ2) is 6.88. The summed E-state index contributed by atoms with van der Waals surface area (Å²) in [5.74, 6) is 0.756. The van der Waals surface area contributed by atoms with Crippen LogP contribution in [0, 0.1) is 0 Å². The van der Waals surface area contributed by atoms with Crippen LogP contribution in [0.5, 0.6) is 0 Å². The summed E-state index contributed by atoms with van der Waals surface area (Å²) in [6, 6.07) is 8.34. The van der Waals surface area contributed by atoms with Crippen molar-refractivity contribution in [1.29, 1.82) is 0 Å². The fourth-order valence-corrected chi connectivity index (χ4v) is 3.14. The molecule has 9 heteroatoms. The minimum absolute atomic E-state index is 0.205. The molecule has 2 aromatic heterocycles. The predicted octanol–water partition coefficient (Wildman–Crippen LogP) is 3.10. The van der Waals surface area contributed by atoms with E-state index in [9.17, 15) is 9.59 Å². The van der Waals surface area contributed by atoms with Crippen molar-refractivity contribution in [3.63, 3.8) is 0 Å². The number of hydrogen-bond donors (Lipinski definition) is 2. The Morgan fingerprint density at radius 3 is 2.93 bits per heavy atom. The first-order chi connectivity index (χ1) is 13.0. The molecule has 27 heavy (non-hydrogen) atoms. The fourth-order valence-electron chi connectivity index (χ4n) is 2.96. The SMILES string of the molecule is CC(Nc1nccc(N2CCOC2=O)n1)c1cc2cc(Cl)ccc2[nH]c1=O. The number of ether oxygens (including phenoxy) is 1. The fraction of sp³-hybridized carbons (Fsp3) is 0.222. The van der Waals surface area contributed by atoms with Crippen LogP contribution in [0.2, 0.25) is 5.02 Å². The van der Waals surface area contributed by atoms with Gasteiger partial charge in [0.25, 0.3) is 5.56 Å². The molecule has 1 saturated heterocycles. The molecule has 1 aliphatic heterocycles. The highest BCUT2D eigenvalue weighted by molar-refractivity contribution is 6.31. The number of halogens is 1. The molecule has 138 valence electrons. The molecule has 0 bridgehead atoms. The average Bonchev–Trinajstić information content (AvgIpc) is 3.07. The predicted molar refractivity (Wildman–Crippen MR) is 102 cm³/mol. The van der Waals surface area contributed by atoms with E-state index in [4.69, 9.17) is 16.3 Å². The Balaban J connectivity index is 1.61. The van der Waals surface area contributed by atoms with E-state index < -0.39 is 6.09 Å². The summed E-state index contributed by atoms with van der Waals surface area (Å²) in [5.41, 5.74) is 1.04. The molecule has 0 radical (unpaired) electrons. The van der Waals surface area contributed by atoms with E-state index in [0.29, 0.717) is 41.0 Å². The topological polar surface area (TPSA) is 100 Å². The molecule has 1 unspecified atom stereocenters. The first kappa shape index (κ1) is 17.3. The van der Waals surface area contributed by atoms with Crippen molar-refractivity contribution >= 4 is 40.4 Å². The lowest BCUT2D eigenvalue weighted by Gasteiger charge is -2.16. The number of benzene rings is 1. The Morgan fingerprint density at radius 2 is 2.15 bits per heavy atom. The number of aromatic nitrogens is 3. The highest BCUT2D eigenvalue weighted by Gasteiger charge is 2.25. The number of carbonyl (C=O) groups excluding carboxylic acids is 1. The summed E-state index contributed by atoms with van der Waals surface area (Å²) in [6.07, 6.45) is 1.11. The molecular weight excluding hydrogens is 370 g/mol. The second-order valence-electron chi connectivity index (χ2n) is 6.16. The summed E-state index contributed by atoms with van der Waals surface area (Å²) in [4.78, 5) is 36.9. The van der Waals surface area contributed by atoms with Gasteiger partial charge in [0.2, 0.25) is 5.95 Å². The smallest absolute Gasteiger partial charge is 0.415 e. The van der Waals surface area contributed by atoms with Crippen molar-refractivity contribution in [2.24, 2.45) is 0 Å². The summed E-state index contributed by atoms with van der Waals surface area (Å²) in [5, 5.41) is 4.53. The first-order valence-electron chi connectivity index (χ1n) is 8.37. The third-order valence-corrected chi connectivity index (χ3v) is 4.56. The van der Waals surface area contributed by atoms with Gasteiger partial charge in [-0.3, -0.25) is 9.69 Å². The van der Waals surface area contributed by atoms with E-state index in [0.717, 1.165) is 5.39 Å². The van der Waals surface area contributed by atoms with Crippen LogP contribution in [0.1, 0.15) is 18.5 Å². The standard InChI is InChI=1S/C18H16ClN5O3/c1-10(13-9-11-8-12(19)2-3-14(11)22-16(13)25)21-17-20-5-4-15(23-17)24-6-7-27-18(24)26/h2-5,8-10H,6-7H2,1H3,(H,22,25)(H,20,21,23). The third kappa shape index (κ3) is 3.43. The van der Waals surface area contributed by atoms with Gasteiger partial charge in [-0.1, -0.05) is 11.6 Å². The number of amides is 1. The van der Waals surface area contributed by atoms with Crippen LogP contribution >= 0.6 is 11.6 Å². The van der Waals surface area contributed by atoms with Crippen LogP contribution in [0.15, 0.2) is 41.3 Å². The van der Waals surface area contributed by atoms with Crippen molar-refractivity contribution in [2.75, 3.05) is 23.4 Å². The maximum atomic E-state index is 12.4. The van der Waals surface area contributed by atoms with Crippen LogP contribution in [-0.2, 0) is 4.74 Å². The molecule has 3 aromatic rings. The Bertz CT molecular complexity index is 1080. The number of H-pyrrole nitrogens is 1. The van der Waals surface area contributed by atoms with E-state index in [1.807, 2.05) is 6.92 Å². The third-order valence-electron chi connectivity index (χ3n) is 4.33. The number of cyclic esters (lactones) is 1. The quantitative estimate of drug-likeness (QED) is 0.715. The lowest BCUT2D eigenvalue weighted by atomic mass is 10.1. The molecule has 1 atom stereocenters. The Morgan fingerprint density at radius 1 is 1.30 bits per heavy atom. The van der Waals surface area contributed by atoms with Gasteiger partial charge in [-0.05, 0) is 37.3 Å². The summed E-state index contributed by atoms with van der Waals surface area (Å²) < 4.78 is 4.93. The largest absolute Gasteiger partial charge is 0.447 e. The zero-order valence-corrected chi connectivity index (χ0v) is 15.2. The van der Waals surface area contributed by atoms with Gasteiger partial charge in [-0.25, -0.2) is 9.78 Å². The van der Waals surface area contributed by atoms with Crippen molar-refractivity contribution in [2.45, 2.75) is 13.0 Å². The molecule has 1 aliphatic rings. The zero-order chi connectivity index (χ0) is 19.0. The highest BCUT2D eigenvalue weighted by atomic mass is 35.5. The van der Waals surface area contributed by atoms with E-state index in [2.05, 4.69) is 20.3 Å². The molecular formula is C18H16ClN5O3. The monoisotopic (exact) mass is 385 g/mol. The van der Waals surface area contributed by atoms with Gasteiger partial charge in [-0.2, -0.15) is 4.98 Å². The van der Waals surface area contributed by atoms with Gasteiger partial charge in [0.1, 0.15) is 12.4 Å². The van der Waals surface area contributed by atoms with Crippen molar-refractivity contribution < 1.29 is 9.53 Å². The van der Waals surface area contributed by atoms with Gasteiger partial charge in [-0.15, -0.1) is 0 Å². The molecule has 0 saturated carbocycles. The number of nitrogens with zero attached hydrogens (tertiary/aromatic N) is 3. The van der Waals surface area contributed by atoms with Crippen LogP contribution in [0.3, 0.4) is 0 Å². The number of rotatable bonds is 4. The number of hydrogen-bond acceptors (Lipinski definition) is 6. The number of fused-ring (bicyclic) bond motifs is 1. The average molecular weight is 386 g/mol. The molecule has 1 aromatic carbocycles. The van der Waals surface area contributed by atoms with E-state index in [-0.39, 0.29) is 11.6 Å². The first-order valence-corrected chi connectivity index (χ1v) is 8.75. The molecule has 3 heterocycles. The number of aromatic amines is 1. The number of carbonyl (C=O) groups is 1. The second-order valence-corrected chi connectivity index (χ2v) is 6.59. The Hall–Kier alpha value is -3.13. The molecule has 1 fully saturated rings. The van der Waals surface area contributed by atoms with E-state index in [1.54, 1.807) is 36.5 Å². The molecule has 4 rings (SSSR count). The summed E-state index contributed by atoms with van der Waals surface area (Å²) in [7, 11) is 0. The van der Waals surface area contributed by atoms with Gasteiger partial charge >= 0.3 is 6.09 Å². The Labute approximate surface area is 159 Å². The molecule has 8 nitrogen and oxygen atoms in total. The molecule has 2 N–H and O–H groups in total. The lowest BCUT2D eigenvalue weighted by molar-refractivity contribution is 0.181. The van der Waals surface area contributed by atoms with Gasteiger partial charge in [0, 0.05) is 27.7 Å². The van der Waals surface area contributed by atoms with Gasteiger partial charge < -0.3 is 15.0 Å². The number of nitrogens with one attached hydrogen (secondary N) is 2. The maximum absolute atomic E-state index is 12.4. The van der Waals surface area contributed by atoms with Crippen molar-refractivity contribution in [1.82, 2.24) is 15.0 Å². The van der Waals surface area contributed by atoms with Gasteiger partial charge in [0.15, 0.2) is 0 Å². The maximum Gasteiger partial charge on any atom is 0.415 e. The minimum atomic E-state index is -0.435. The van der Waals surface area contributed by atoms with Crippen LogP contribution in [-0.4, -0.2) is 34.2 Å². The van der Waals surface area contributed by atoms with Crippen LogP contribution < -0.4 is 15.8 Å². The molecule has 0 spiro atoms. The Kier molecular flexibility index (Phi) is 4.41. The zero-order valence-electron chi connectivity index (χ0n) is 14.4. The lowest BCUT2D eigenvalue weighted by Crippen LogP contribution is -2.25. The van der Waals surface area contributed by atoms with Crippen molar-refractivity contribution in [3.05, 3.63) is 57.5 Å². The minimum Gasteiger partial charge on any atom is -0.447 e. The normalized spacial score (nSPS) is 15.0. The van der Waals surface area contributed by atoms with Crippen molar-refractivity contribution in [3.8, 4) is 0 Å². The van der Waals surface area contributed by atoms with Crippen LogP contribution in [0.4, 0.5) is 16.6 Å². The van der Waals surface area contributed by atoms with E-state index in [1.165, 1.54) is 4.90 Å². The molecule has 0 aliphatic carbocycles.